The quantitative estimate of drug-likeness (QED) is 0.780. The zero-order valence-corrected chi connectivity index (χ0v) is 12.0. The van der Waals surface area contributed by atoms with Crippen molar-refractivity contribution in [1.82, 2.24) is 9.80 Å². The third-order valence-electron chi connectivity index (χ3n) is 3.30. The van der Waals surface area contributed by atoms with Crippen molar-refractivity contribution in [3.05, 3.63) is 0 Å². The fraction of sp³-hybridized carbons (Fsp3) is 0.917. The van der Waals surface area contributed by atoms with E-state index >= 15 is 0 Å². The number of hydrogen-bond donors (Lipinski definition) is 2. The summed E-state index contributed by atoms with van der Waals surface area (Å²) < 4.78 is 38.2. The Kier molecular flexibility index (Phi) is 4.72. The van der Waals surface area contributed by atoms with Crippen LogP contribution in [-0.4, -0.2) is 70.9 Å². The molecule has 1 saturated heterocycles. The molecule has 0 radical (unpaired) electrons. The third kappa shape index (κ3) is 4.07. The van der Waals surface area contributed by atoms with E-state index in [1.165, 1.54) is 0 Å². The van der Waals surface area contributed by atoms with Crippen molar-refractivity contribution >= 4 is 5.91 Å². The van der Waals surface area contributed by atoms with Gasteiger partial charge >= 0.3 is 6.18 Å². The van der Waals surface area contributed by atoms with Crippen molar-refractivity contribution in [3.8, 4) is 0 Å². The molecular weight excluding hydrogens is 275 g/mol. The van der Waals surface area contributed by atoms with E-state index in [2.05, 4.69) is 0 Å². The first kappa shape index (κ1) is 17.2. The van der Waals surface area contributed by atoms with E-state index in [0.717, 1.165) is 4.90 Å². The van der Waals surface area contributed by atoms with Crippen LogP contribution in [-0.2, 0) is 4.79 Å². The van der Waals surface area contributed by atoms with Gasteiger partial charge in [-0.15, -0.1) is 0 Å². The number of rotatable bonds is 3. The SMILES string of the molecule is CC(C)(O)CN1CCN(C(=O)C(C)(N)C(F)(F)F)CC1. The Bertz CT molecular complexity index is 356. The number of nitrogens with two attached hydrogens (primary N) is 1. The van der Waals surface area contributed by atoms with Gasteiger partial charge in [0.15, 0.2) is 5.54 Å². The van der Waals surface area contributed by atoms with E-state index in [9.17, 15) is 23.1 Å². The average molecular weight is 297 g/mol. The lowest BCUT2D eigenvalue weighted by molar-refractivity contribution is -0.194. The number of piperazine rings is 1. The molecule has 0 bridgehead atoms. The predicted molar refractivity (Wildman–Crippen MR) is 68.0 cm³/mol. The van der Waals surface area contributed by atoms with Gasteiger partial charge in [-0.3, -0.25) is 9.69 Å². The number of carbonyl (C=O) groups excluding carboxylic acids is 1. The summed E-state index contributed by atoms with van der Waals surface area (Å²) in [5, 5.41) is 9.69. The summed E-state index contributed by atoms with van der Waals surface area (Å²) in [6, 6.07) is 0. The molecule has 5 nitrogen and oxygen atoms in total. The summed E-state index contributed by atoms with van der Waals surface area (Å²) in [6.45, 7) is 5.62. The minimum Gasteiger partial charge on any atom is -0.389 e. The van der Waals surface area contributed by atoms with Crippen LogP contribution in [0.15, 0.2) is 0 Å². The van der Waals surface area contributed by atoms with Crippen LogP contribution in [0.25, 0.3) is 0 Å². The summed E-state index contributed by atoms with van der Waals surface area (Å²) in [7, 11) is 0. The van der Waals surface area contributed by atoms with Crippen LogP contribution in [0.3, 0.4) is 0 Å². The Hall–Kier alpha value is -0.860. The number of aliphatic hydroxyl groups is 1. The molecule has 1 aliphatic heterocycles. The summed E-state index contributed by atoms with van der Waals surface area (Å²) >= 11 is 0. The second-order valence-corrected chi connectivity index (χ2v) is 6.08. The molecule has 1 rings (SSSR count). The Morgan fingerprint density at radius 2 is 1.60 bits per heavy atom. The molecule has 3 N–H and O–H groups in total. The van der Waals surface area contributed by atoms with Gasteiger partial charge in [0.1, 0.15) is 0 Å². The molecule has 0 aromatic heterocycles. The van der Waals surface area contributed by atoms with E-state index in [-0.39, 0.29) is 13.1 Å². The predicted octanol–water partition coefficient (Wildman–Crippen LogP) is 0.181. The first-order valence-electron chi connectivity index (χ1n) is 6.44. The van der Waals surface area contributed by atoms with Crippen molar-refractivity contribution < 1.29 is 23.1 Å². The molecule has 118 valence electrons. The molecule has 0 aliphatic carbocycles. The molecule has 1 heterocycles. The van der Waals surface area contributed by atoms with Gasteiger partial charge in [-0.05, 0) is 20.8 Å². The van der Waals surface area contributed by atoms with E-state index in [4.69, 9.17) is 5.73 Å². The number of alkyl halides is 3. The first-order chi connectivity index (χ1) is 8.84. The van der Waals surface area contributed by atoms with E-state index in [0.29, 0.717) is 26.6 Å². The zero-order valence-electron chi connectivity index (χ0n) is 12.0. The second kappa shape index (κ2) is 5.50. The zero-order chi connectivity index (χ0) is 15.8. The van der Waals surface area contributed by atoms with Crippen LogP contribution in [0, 0.1) is 0 Å². The van der Waals surface area contributed by atoms with E-state index in [1.54, 1.807) is 13.8 Å². The largest absolute Gasteiger partial charge is 0.415 e. The summed E-state index contributed by atoms with van der Waals surface area (Å²) in [5.74, 6) is -1.10. The van der Waals surface area contributed by atoms with Gasteiger partial charge in [0.2, 0.25) is 0 Å². The number of carbonyl (C=O) groups is 1. The number of halogens is 3. The summed E-state index contributed by atoms with van der Waals surface area (Å²) in [5.41, 5.74) is 1.40. The highest BCUT2D eigenvalue weighted by Crippen LogP contribution is 2.29. The number of hydrogen-bond acceptors (Lipinski definition) is 4. The van der Waals surface area contributed by atoms with Crippen LogP contribution in [0.5, 0.6) is 0 Å². The van der Waals surface area contributed by atoms with Gasteiger partial charge in [-0.1, -0.05) is 0 Å². The molecule has 1 atom stereocenters. The second-order valence-electron chi connectivity index (χ2n) is 6.08. The fourth-order valence-corrected chi connectivity index (χ4v) is 2.11. The number of β-amino-alcohol motifs (C(OH)–C–C–N with tert-alkyl or cyclic N) is 1. The molecule has 1 fully saturated rings. The van der Waals surface area contributed by atoms with Gasteiger partial charge in [-0.2, -0.15) is 13.2 Å². The van der Waals surface area contributed by atoms with Gasteiger partial charge in [0.05, 0.1) is 5.60 Å². The summed E-state index contributed by atoms with van der Waals surface area (Å²) in [4.78, 5) is 14.9. The number of nitrogens with zero attached hydrogens (tertiary/aromatic N) is 2. The highest BCUT2D eigenvalue weighted by Gasteiger charge is 2.55. The maximum absolute atomic E-state index is 12.7. The van der Waals surface area contributed by atoms with E-state index in [1.807, 2.05) is 4.90 Å². The normalized spacial score (nSPS) is 21.7. The lowest BCUT2D eigenvalue weighted by Gasteiger charge is -2.40. The van der Waals surface area contributed by atoms with Gasteiger partial charge in [0, 0.05) is 32.7 Å². The highest BCUT2D eigenvalue weighted by atomic mass is 19.4. The van der Waals surface area contributed by atoms with Crippen LogP contribution >= 0.6 is 0 Å². The molecule has 0 aromatic rings. The van der Waals surface area contributed by atoms with Crippen LogP contribution in [0.1, 0.15) is 20.8 Å². The smallest absolute Gasteiger partial charge is 0.389 e. The molecule has 0 spiro atoms. The molecule has 1 unspecified atom stereocenters. The van der Waals surface area contributed by atoms with Crippen molar-refractivity contribution in [2.45, 2.75) is 38.1 Å². The van der Waals surface area contributed by atoms with Gasteiger partial charge in [0.25, 0.3) is 5.91 Å². The Morgan fingerprint density at radius 1 is 1.15 bits per heavy atom. The minimum absolute atomic E-state index is 0.178. The van der Waals surface area contributed by atoms with Crippen molar-refractivity contribution in [1.29, 1.82) is 0 Å². The van der Waals surface area contributed by atoms with Crippen molar-refractivity contribution in [2.75, 3.05) is 32.7 Å². The Labute approximate surface area is 116 Å². The minimum atomic E-state index is -4.77. The molecule has 20 heavy (non-hydrogen) atoms. The molecule has 0 saturated carbocycles. The standard InChI is InChI=1S/C12H22F3N3O2/c1-10(2,20)8-17-4-6-18(7-5-17)9(19)11(3,16)12(13,14)15/h20H,4-8,16H2,1-3H3. The molecule has 1 amide bonds. The van der Waals surface area contributed by atoms with Crippen LogP contribution in [0.2, 0.25) is 0 Å². The first-order valence-corrected chi connectivity index (χ1v) is 6.44. The maximum atomic E-state index is 12.7. The molecule has 1 aliphatic rings. The van der Waals surface area contributed by atoms with E-state index < -0.39 is 23.2 Å². The fourth-order valence-electron chi connectivity index (χ4n) is 2.11. The lowest BCUT2D eigenvalue weighted by atomic mass is 10.0. The Balaban J connectivity index is 2.60. The highest BCUT2D eigenvalue weighted by molar-refractivity contribution is 5.86. The molecule has 0 aromatic carbocycles. The van der Waals surface area contributed by atoms with Crippen LogP contribution in [0.4, 0.5) is 13.2 Å². The van der Waals surface area contributed by atoms with Crippen molar-refractivity contribution in [2.24, 2.45) is 5.73 Å². The average Bonchev–Trinajstić information content (AvgIpc) is 2.25. The monoisotopic (exact) mass is 297 g/mol. The van der Waals surface area contributed by atoms with Gasteiger partial charge < -0.3 is 15.7 Å². The molecule has 8 heteroatoms. The maximum Gasteiger partial charge on any atom is 0.415 e. The molecular formula is C12H22F3N3O2. The summed E-state index contributed by atoms with van der Waals surface area (Å²) in [6.07, 6.45) is -4.77. The van der Waals surface area contributed by atoms with Crippen LogP contribution < -0.4 is 5.73 Å². The third-order valence-corrected chi connectivity index (χ3v) is 3.30. The Morgan fingerprint density at radius 3 is 1.95 bits per heavy atom. The van der Waals surface area contributed by atoms with Gasteiger partial charge in [-0.25, -0.2) is 0 Å². The lowest BCUT2D eigenvalue weighted by Crippen LogP contribution is -2.64. The topological polar surface area (TPSA) is 69.8 Å². The van der Waals surface area contributed by atoms with Crippen molar-refractivity contribution in [3.63, 3.8) is 0 Å². The number of amides is 1.